The van der Waals surface area contributed by atoms with E-state index in [1.165, 1.54) is 6.07 Å². The van der Waals surface area contributed by atoms with E-state index in [0.29, 0.717) is 18.4 Å². The van der Waals surface area contributed by atoms with Crippen molar-refractivity contribution in [1.82, 2.24) is 0 Å². The number of alkyl halides is 1. The van der Waals surface area contributed by atoms with Crippen LogP contribution in [0.5, 0.6) is 0 Å². The number of carbonyl (C=O) groups excluding carboxylic acids is 1. The predicted octanol–water partition coefficient (Wildman–Crippen LogP) is 4.35. The summed E-state index contributed by atoms with van der Waals surface area (Å²) in [4.78, 5) is 11.4. The summed E-state index contributed by atoms with van der Waals surface area (Å²) in [5.41, 5.74) is 4.17. The molecule has 0 saturated heterocycles. The highest BCUT2D eigenvalue weighted by molar-refractivity contribution is 6.22. The number of fused-ring (bicyclic) bond motifs is 1. The van der Waals surface area contributed by atoms with E-state index < -0.39 is 5.38 Å². The number of anilines is 1. The van der Waals surface area contributed by atoms with Gasteiger partial charge in [-0.15, -0.1) is 11.6 Å². The quantitative estimate of drug-likeness (QED) is 0.821. The van der Waals surface area contributed by atoms with Crippen molar-refractivity contribution in [2.24, 2.45) is 0 Å². The molecule has 1 aliphatic rings. The van der Waals surface area contributed by atoms with Crippen LogP contribution in [0, 0.1) is 12.7 Å². The minimum Gasteiger partial charge on any atom is -0.326 e. The zero-order valence-electron chi connectivity index (χ0n) is 11.6. The lowest BCUT2D eigenvalue weighted by Gasteiger charge is -2.19. The molecule has 2 aromatic rings. The molecule has 0 aromatic heterocycles. The average Bonchev–Trinajstić information content (AvgIpc) is 2.48. The lowest BCUT2D eigenvalue weighted by Crippen LogP contribution is -2.19. The zero-order valence-corrected chi connectivity index (χ0v) is 12.4. The Balaban J connectivity index is 1.97. The van der Waals surface area contributed by atoms with Gasteiger partial charge in [0, 0.05) is 17.7 Å². The molecule has 1 unspecified atom stereocenters. The van der Waals surface area contributed by atoms with Crippen LogP contribution in [-0.2, 0) is 11.2 Å². The summed E-state index contributed by atoms with van der Waals surface area (Å²) < 4.78 is 14.0. The molecule has 0 aliphatic carbocycles. The molecule has 3 rings (SSSR count). The van der Waals surface area contributed by atoms with Crippen LogP contribution in [0.1, 0.15) is 34.1 Å². The molecule has 4 heteroatoms. The van der Waals surface area contributed by atoms with E-state index in [1.54, 1.807) is 12.1 Å². The van der Waals surface area contributed by atoms with E-state index in [0.717, 1.165) is 22.4 Å². The summed E-state index contributed by atoms with van der Waals surface area (Å²) in [6, 6.07) is 10.6. The number of halogens is 2. The Bertz CT molecular complexity index is 714. The Morgan fingerprint density at radius 2 is 2.00 bits per heavy atom. The fraction of sp³-hybridized carbons (Fsp3) is 0.235. The van der Waals surface area contributed by atoms with Crippen LogP contribution in [0.2, 0.25) is 0 Å². The predicted molar refractivity (Wildman–Crippen MR) is 82.2 cm³/mol. The van der Waals surface area contributed by atoms with E-state index in [-0.39, 0.29) is 11.7 Å². The van der Waals surface area contributed by atoms with Gasteiger partial charge in [-0.25, -0.2) is 4.39 Å². The summed E-state index contributed by atoms with van der Waals surface area (Å²) in [5, 5.41) is 2.30. The Morgan fingerprint density at radius 3 is 2.81 bits per heavy atom. The molecule has 0 saturated carbocycles. The fourth-order valence-electron chi connectivity index (χ4n) is 2.60. The summed E-state index contributed by atoms with van der Waals surface area (Å²) >= 11 is 6.45. The third kappa shape index (κ3) is 2.79. The molecule has 0 spiro atoms. The normalized spacial score (nSPS) is 15.3. The van der Waals surface area contributed by atoms with Gasteiger partial charge in [-0.1, -0.05) is 29.8 Å². The molecule has 0 radical (unpaired) electrons. The Labute approximate surface area is 127 Å². The highest BCUT2D eigenvalue weighted by atomic mass is 35.5. The van der Waals surface area contributed by atoms with Crippen LogP contribution in [0.25, 0.3) is 0 Å². The first-order valence-corrected chi connectivity index (χ1v) is 7.31. The maximum atomic E-state index is 14.0. The molecule has 0 fully saturated rings. The monoisotopic (exact) mass is 303 g/mol. The van der Waals surface area contributed by atoms with E-state index in [4.69, 9.17) is 11.6 Å². The summed E-state index contributed by atoms with van der Waals surface area (Å²) in [6.45, 7) is 1.91. The first-order valence-electron chi connectivity index (χ1n) is 6.87. The largest absolute Gasteiger partial charge is 0.326 e. The number of hydrogen-bond donors (Lipinski definition) is 1. The smallest absolute Gasteiger partial charge is 0.224 e. The number of hydrogen-bond acceptors (Lipinski definition) is 1. The maximum Gasteiger partial charge on any atom is 0.224 e. The molecule has 1 atom stereocenters. The lowest BCUT2D eigenvalue weighted by molar-refractivity contribution is -0.116. The van der Waals surface area contributed by atoms with Gasteiger partial charge in [-0.2, -0.15) is 0 Å². The van der Waals surface area contributed by atoms with E-state index in [2.05, 4.69) is 5.32 Å². The number of amides is 1. The average molecular weight is 304 g/mol. The molecule has 0 bridgehead atoms. The Morgan fingerprint density at radius 1 is 1.19 bits per heavy atom. The van der Waals surface area contributed by atoms with E-state index in [9.17, 15) is 9.18 Å². The van der Waals surface area contributed by atoms with Crippen LogP contribution in [-0.4, -0.2) is 5.91 Å². The molecule has 2 nitrogen and oxygen atoms in total. The first kappa shape index (κ1) is 14.1. The van der Waals surface area contributed by atoms with Gasteiger partial charge in [0.05, 0.1) is 5.38 Å². The standard InChI is InChI=1S/C17H15ClFNO/c1-10-2-5-14(19)13(8-10)17(18)12-3-6-15-11(9-12)4-7-16(21)20-15/h2-3,5-6,8-9,17H,4,7H2,1H3,(H,20,21). The van der Waals surface area contributed by atoms with E-state index in [1.807, 2.05) is 25.1 Å². The van der Waals surface area contributed by atoms with Gasteiger partial charge in [0.1, 0.15) is 5.82 Å². The Hall–Kier alpha value is -1.87. The number of rotatable bonds is 2. The lowest BCUT2D eigenvalue weighted by atomic mass is 9.96. The van der Waals surface area contributed by atoms with Gasteiger partial charge < -0.3 is 5.32 Å². The Kier molecular flexibility index (Phi) is 3.68. The van der Waals surface area contributed by atoms with Crippen molar-refractivity contribution in [2.45, 2.75) is 25.1 Å². The van der Waals surface area contributed by atoms with Gasteiger partial charge >= 0.3 is 0 Å². The minimum atomic E-state index is -0.534. The summed E-state index contributed by atoms with van der Waals surface area (Å²) in [5.74, 6) is -0.269. The molecular formula is C17H15ClFNO. The molecular weight excluding hydrogens is 289 g/mol. The van der Waals surface area contributed by atoms with Crippen molar-refractivity contribution < 1.29 is 9.18 Å². The number of benzene rings is 2. The highest BCUT2D eigenvalue weighted by Crippen LogP contribution is 2.34. The van der Waals surface area contributed by atoms with Crippen LogP contribution in [0.3, 0.4) is 0 Å². The van der Waals surface area contributed by atoms with Crippen molar-refractivity contribution in [1.29, 1.82) is 0 Å². The molecule has 108 valence electrons. The second kappa shape index (κ2) is 5.49. The van der Waals surface area contributed by atoms with E-state index >= 15 is 0 Å². The van der Waals surface area contributed by atoms with Crippen LogP contribution in [0.15, 0.2) is 36.4 Å². The summed E-state index contributed by atoms with van der Waals surface area (Å²) in [7, 11) is 0. The maximum absolute atomic E-state index is 14.0. The van der Waals surface area contributed by atoms with Crippen LogP contribution >= 0.6 is 11.6 Å². The van der Waals surface area contributed by atoms with Crippen molar-refractivity contribution >= 4 is 23.2 Å². The second-order valence-corrected chi connectivity index (χ2v) is 5.79. The first-order chi connectivity index (χ1) is 10.0. The molecule has 1 aliphatic heterocycles. The molecule has 21 heavy (non-hydrogen) atoms. The van der Waals surface area contributed by atoms with Crippen molar-refractivity contribution in [3.8, 4) is 0 Å². The minimum absolute atomic E-state index is 0.0300. The fourth-order valence-corrected chi connectivity index (χ4v) is 2.90. The number of nitrogens with one attached hydrogen (secondary N) is 1. The second-order valence-electron chi connectivity index (χ2n) is 5.35. The van der Waals surface area contributed by atoms with Crippen LogP contribution in [0.4, 0.5) is 10.1 Å². The van der Waals surface area contributed by atoms with Crippen molar-refractivity contribution in [2.75, 3.05) is 5.32 Å². The van der Waals surface area contributed by atoms with Crippen molar-refractivity contribution in [3.63, 3.8) is 0 Å². The van der Waals surface area contributed by atoms with Crippen molar-refractivity contribution in [3.05, 3.63) is 64.5 Å². The molecule has 1 amide bonds. The highest BCUT2D eigenvalue weighted by Gasteiger charge is 2.19. The number of carbonyl (C=O) groups is 1. The van der Waals surface area contributed by atoms with Gasteiger partial charge in [0.15, 0.2) is 0 Å². The van der Waals surface area contributed by atoms with Gasteiger partial charge in [0.25, 0.3) is 0 Å². The molecule has 1 N–H and O–H groups in total. The molecule has 2 aromatic carbocycles. The van der Waals surface area contributed by atoms with Gasteiger partial charge in [-0.3, -0.25) is 4.79 Å². The summed E-state index contributed by atoms with van der Waals surface area (Å²) in [6.07, 6.45) is 1.16. The third-order valence-corrected chi connectivity index (χ3v) is 4.23. The van der Waals surface area contributed by atoms with Gasteiger partial charge in [-0.05, 0) is 36.6 Å². The molecule has 1 heterocycles. The number of aryl methyl sites for hydroxylation is 2. The SMILES string of the molecule is Cc1ccc(F)c(C(Cl)c2ccc3c(c2)CCC(=O)N3)c1. The third-order valence-electron chi connectivity index (χ3n) is 3.74. The van der Waals surface area contributed by atoms with Gasteiger partial charge in [0.2, 0.25) is 5.91 Å². The van der Waals surface area contributed by atoms with Crippen LogP contribution < -0.4 is 5.32 Å². The zero-order chi connectivity index (χ0) is 15.0. The topological polar surface area (TPSA) is 29.1 Å².